The maximum absolute atomic E-state index is 9.32. The number of likely N-dealkylation sites (tertiary alicyclic amines) is 1. The van der Waals surface area contributed by atoms with E-state index in [2.05, 4.69) is 52.7 Å². The number of rotatable bonds is 7. The van der Waals surface area contributed by atoms with E-state index in [4.69, 9.17) is 13.1 Å². The normalized spacial score (nSPS) is 17.6. The van der Waals surface area contributed by atoms with Crippen LogP contribution in [-0.4, -0.2) is 45.4 Å². The van der Waals surface area contributed by atoms with Crippen molar-refractivity contribution in [2.45, 2.75) is 64.4 Å². The van der Waals surface area contributed by atoms with Crippen molar-refractivity contribution < 1.29 is 5.11 Å². The summed E-state index contributed by atoms with van der Waals surface area (Å²) in [5.74, 6) is 0. The number of hydrogen-bond donors (Lipinski definition) is 1. The van der Waals surface area contributed by atoms with Crippen molar-refractivity contribution in [3.63, 3.8) is 0 Å². The van der Waals surface area contributed by atoms with Gasteiger partial charge in [0, 0.05) is 24.2 Å². The summed E-state index contributed by atoms with van der Waals surface area (Å²) < 4.78 is 0. The molecular weight excluding hydrogens is 384 g/mol. The molecule has 1 saturated heterocycles. The Morgan fingerprint density at radius 2 is 1.58 bits per heavy atom. The first-order valence-corrected chi connectivity index (χ1v) is 10.6. The first-order valence-electron chi connectivity index (χ1n) is 10.6. The molecule has 3 rings (SSSR count). The fourth-order valence-electron chi connectivity index (χ4n) is 3.62. The molecule has 1 aliphatic rings. The zero-order chi connectivity index (χ0) is 22.9. The molecule has 0 radical (unpaired) electrons. The molecule has 1 aliphatic heterocycles. The van der Waals surface area contributed by atoms with Crippen LogP contribution in [0.3, 0.4) is 0 Å². The second-order valence-corrected chi connectivity index (χ2v) is 9.19. The van der Waals surface area contributed by atoms with Gasteiger partial charge in [-0.2, -0.15) is 0 Å². The Labute approximate surface area is 187 Å². The van der Waals surface area contributed by atoms with Crippen molar-refractivity contribution in [1.29, 1.82) is 0 Å². The number of nitrogens with zero attached hydrogens (tertiary/aromatic N) is 4. The van der Waals surface area contributed by atoms with Gasteiger partial charge < -0.3 is 5.11 Å². The van der Waals surface area contributed by atoms with E-state index in [-0.39, 0.29) is 23.9 Å². The van der Waals surface area contributed by atoms with Gasteiger partial charge in [0.15, 0.2) is 0 Å². The lowest BCUT2D eigenvalue weighted by Crippen LogP contribution is -2.60. The maximum Gasteiger partial charge on any atom is 0.282 e. The molecule has 1 fully saturated rings. The maximum atomic E-state index is 9.32. The van der Waals surface area contributed by atoms with Gasteiger partial charge in [-0.3, -0.25) is 9.69 Å². The average molecular weight is 419 g/mol. The number of hydrogen-bond acceptors (Lipinski definition) is 3. The summed E-state index contributed by atoms with van der Waals surface area (Å²) >= 11 is 0. The molecule has 164 valence electrons. The van der Waals surface area contributed by atoms with Crippen LogP contribution in [-0.2, 0) is 13.1 Å². The van der Waals surface area contributed by atoms with Crippen LogP contribution >= 0.6 is 0 Å². The third-order valence-electron chi connectivity index (χ3n) is 5.86. The molecule has 1 heterocycles. The lowest BCUT2D eigenvalue weighted by Gasteiger charge is -2.48. The van der Waals surface area contributed by atoms with Crippen LogP contribution in [0.5, 0.6) is 0 Å². The van der Waals surface area contributed by atoms with E-state index in [1.54, 1.807) is 0 Å². The zero-order valence-corrected chi connectivity index (χ0v) is 19.1. The van der Waals surface area contributed by atoms with E-state index < -0.39 is 0 Å². The molecule has 0 saturated carbocycles. The van der Waals surface area contributed by atoms with Crippen LogP contribution in [0.15, 0.2) is 60.7 Å². The summed E-state index contributed by atoms with van der Waals surface area (Å²) in [6.45, 7) is 24.3. The Bertz CT molecular complexity index is 881. The second kappa shape index (κ2) is 11.1. The van der Waals surface area contributed by atoms with Crippen LogP contribution in [0.25, 0.3) is 9.69 Å². The predicted octanol–water partition coefficient (Wildman–Crippen LogP) is 5.05. The van der Waals surface area contributed by atoms with E-state index in [1.807, 2.05) is 55.1 Å². The van der Waals surface area contributed by atoms with Gasteiger partial charge in [0.05, 0.1) is 13.0 Å². The van der Waals surface area contributed by atoms with Crippen molar-refractivity contribution in [3.8, 4) is 0 Å². The molecule has 0 aliphatic carbocycles. The van der Waals surface area contributed by atoms with Crippen LogP contribution in [0.1, 0.15) is 45.2 Å². The predicted molar refractivity (Wildman–Crippen MR) is 126 cm³/mol. The summed E-state index contributed by atoms with van der Waals surface area (Å²) in [6, 6.07) is 20.4. The minimum Gasteiger partial charge on any atom is -0.394 e. The van der Waals surface area contributed by atoms with E-state index in [0.717, 1.165) is 18.5 Å². The molecule has 1 atom stereocenters. The lowest BCUT2D eigenvalue weighted by atomic mass is 9.85. The summed E-state index contributed by atoms with van der Waals surface area (Å²) in [5, 5.41) is 9.32. The first-order chi connectivity index (χ1) is 14.7. The topological polar surface area (TPSA) is 35.4 Å². The Morgan fingerprint density at radius 1 is 1.03 bits per heavy atom. The SMILES string of the molecule is [C-]#[N+]C1CC(C)(C)N1Cc1ccccc1.[C-]#[N+]CN(Cc1ccccc1)C(C)(C)CO. The summed E-state index contributed by atoms with van der Waals surface area (Å²) in [6.07, 6.45) is 1.07. The standard InChI is InChI=1S/C13H18N2O.C13H16N2/c1-13(2,10-16)15(11-14-3)9-12-7-5-4-6-8-12;1-13(2)9-12(14-3)15(13)10-11-7-5-4-6-8-11/h4-8,16H,9-11H2,1-2H3;4-8,12H,9-10H2,1-2H3. The van der Waals surface area contributed by atoms with Gasteiger partial charge in [0.2, 0.25) is 0 Å². The number of benzene rings is 2. The largest absolute Gasteiger partial charge is 0.394 e. The Hall–Kier alpha value is -2.70. The number of aliphatic hydroxyl groups is 1. The summed E-state index contributed by atoms with van der Waals surface area (Å²) in [4.78, 5) is 11.3. The highest BCUT2D eigenvalue weighted by Crippen LogP contribution is 2.37. The van der Waals surface area contributed by atoms with Gasteiger partial charge in [0.1, 0.15) is 0 Å². The molecule has 0 aromatic heterocycles. The smallest absolute Gasteiger partial charge is 0.282 e. The molecule has 0 spiro atoms. The summed E-state index contributed by atoms with van der Waals surface area (Å²) in [7, 11) is 0. The first kappa shape index (κ1) is 24.6. The van der Waals surface area contributed by atoms with Crippen molar-refractivity contribution in [3.05, 3.63) is 94.6 Å². The third-order valence-corrected chi connectivity index (χ3v) is 5.86. The fraction of sp³-hybridized carbons (Fsp3) is 0.462. The van der Waals surface area contributed by atoms with Gasteiger partial charge in [-0.25, -0.2) is 22.9 Å². The highest BCUT2D eigenvalue weighted by Gasteiger charge is 2.49. The molecule has 2 aromatic carbocycles. The van der Waals surface area contributed by atoms with Crippen molar-refractivity contribution in [2.75, 3.05) is 13.3 Å². The minimum absolute atomic E-state index is 0.0509. The Kier molecular flexibility index (Phi) is 8.77. The van der Waals surface area contributed by atoms with Crippen molar-refractivity contribution in [2.24, 2.45) is 0 Å². The monoisotopic (exact) mass is 418 g/mol. The third kappa shape index (κ3) is 6.91. The van der Waals surface area contributed by atoms with Gasteiger partial charge in [0.25, 0.3) is 12.8 Å². The Balaban J connectivity index is 0.000000220. The Morgan fingerprint density at radius 3 is 2.03 bits per heavy atom. The molecule has 1 unspecified atom stereocenters. The lowest BCUT2D eigenvalue weighted by molar-refractivity contribution is -0.0345. The number of aliphatic hydroxyl groups excluding tert-OH is 1. The van der Waals surface area contributed by atoms with E-state index >= 15 is 0 Å². The second-order valence-electron chi connectivity index (χ2n) is 9.19. The van der Waals surface area contributed by atoms with Crippen molar-refractivity contribution in [1.82, 2.24) is 9.80 Å². The van der Waals surface area contributed by atoms with Crippen molar-refractivity contribution >= 4 is 0 Å². The zero-order valence-electron chi connectivity index (χ0n) is 19.1. The van der Waals surface area contributed by atoms with Gasteiger partial charge >= 0.3 is 0 Å². The van der Waals surface area contributed by atoms with Gasteiger partial charge in [-0.05, 0) is 38.8 Å². The molecule has 2 aromatic rings. The quantitative estimate of drug-likeness (QED) is 0.639. The van der Waals surface area contributed by atoms with Crippen LogP contribution in [0.4, 0.5) is 0 Å². The minimum atomic E-state index is -0.361. The molecule has 31 heavy (non-hydrogen) atoms. The van der Waals surface area contributed by atoms with E-state index in [0.29, 0.717) is 13.2 Å². The average Bonchev–Trinajstić information content (AvgIpc) is 2.77. The highest BCUT2D eigenvalue weighted by atomic mass is 16.3. The summed E-state index contributed by atoms with van der Waals surface area (Å²) in [5.41, 5.74) is 2.28. The van der Waals surface area contributed by atoms with Gasteiger partial charge in [-0.15, -0.1) is 0 Å². The molecular formula is C26H34N4O. The van der Waals surface area contributed by atoms with E-state index in [9.17, 15) is 5.11 Å². The molecule has 5 heteroatoms. The molecule has 1 N–H and O–H groups in total. The highest BCUT2D eigenvalue weighted by molar-refractivity contribution is 5.17. The van der Waals surface area contributed by atoms with Crippen LogP contribution < -0.4 is 0 Å². The van der Waals surface area contributed by atoms with Crippen LogP contribution in [0, 0.1) is 13.1 Å². The molecule has 0 bridgehead atoms. The van der Waals surface area contributed by atoms with E-state index in [1.165, 1.54) is 5.56 Å². The molecule has 0 amide bonds. The van der Waals surface area contributed by atoms with Gasteiger partial charge in [-0.1, -0.05) is 60.7 Å². The fourth-order valence-corrected chi connectivity index (χ4v) is 3.62. The van der Waals surface area contributed by atoms with Crippen LogP contribution in [0.2, 0.25) is 0 Å². The molecule has 5 nitrogen and oxygen atoms in total.